The lowest BCUT2D eigenvalue weighted by molar-refractivity contribution is 0.188. The first-order valence-electron chi connectivity index (χ1n) is 11.8. The number of anilines is 1. The Bertz CT molecular complexity index is 1360. The number of nitrogens with two attached hydrogens (primary N) is 1. The van der Waals surface area contributed by atoms with Gasteiger partial charge in [0, 0.05) is 53.7 Å². The summed E-state index contributed by atoms with van der Waals surface area (Å²) in [6.07, 6.45) is 6.40. The Morgan fingerprint density at radius 1 is 1.24 bits per heavy atom. The molecule has 13 heteroatoms. The van der Waals surface area contributed by atoms with Crippen LogP contribution >= 0.6 is 23.2 Å². The first-order valence-corrected chi connectivity index (χ1v) is 14.2. The molecule has 37 heavy (non-hydrogen) atoms. The lowest BCUT2D eigenvalue weighted by atomic mass is 10.1. The molecule has 0 amide bonds. The highest BCUT2D eigenvalue weighted by molar-refractivity contribution is 7.89. The molecule has 1 aliphatic rings. The monoisotopic (exact) mass is 570 g/mol. The van der Waals surface area contributed by atoms with Crippen LogP contribution in [0.2, 0.25) is 10.0 Å². The Balaban J connectivity index is 1.43. The Hall–Kier alpha value is -2.44. The second-order valence-electron chi connectivity index (χ2n) is 8.93. The van der Waals surface area contributed by atoms with E-state index in [4.69, 9.17) is 33.7 Å². The number of halogens is 3. The molecule has 0 spiro atoms. The standard InChI is InChI=1S/C24H29Cl2FN6O3S/c1-15(22-19(25)3-4-20(27)23(22)26)36-21-11-16(12-30-24(21)28)17-13-31-33(14-17)18-5-7-32(8-6-18)9-10-37(34,35)29-2/h3-4,11-15,18,29H,5-10H2,1-2H3,(H2,28,30)/t15-/m0/s1. The fraction of sp³-hybridized carbons (Fsp3) is 0.417. The largest absolute Gasteiger partial charge is 0.482 e. The van der Waals surface area contributed by atoms with E-state index in [9.17, 15) is 12.8 Å². The molecule has 1 fully saturated rings. The molecule has 0 saturated carbocycles. The second-order valence-corrected chi connectivity index (χ2v) is 11.8. The van der Waals surface area contributed by atoms with E-state index in [0.29, 0.717) is 17.9 Å². The average molecular weight is 572 g/mol. The Labute approximate surface area is 225 Å². The zero-order valence-corrected chi connectivity index (χ0v) is 22.8. The number of ether oxygens (including phenoxy) is 1. The van der Waals surface area contributed by atoms with Crippen molar-refractivity contribution in [2.24, 2.45) is 0 Å². The number of benzene rings is 1. The fourth-order valence-corrected chi connectivity index (χ4v) is 5.70. The fourth-order valence-electron chi connectivity index (χ4n) is 4.32. The molecule has 200 valence electrons. The van der Waals surface area contributed by atoms with Crippen LogP contribution in [0.5, 0.6) is 5.75 Å². The third-order valence-corrected chi connectivity index (χ3v) is 8.58. The van der Waals surface area contributed by atoms with Crippen molar-refractivity contribution >= 4 is 39.0 Å². The quantitative estimate of drug-likeness (QED) is 0.368. The molecular formula is C24H29Cl2FN6O3S. The minimum Gasteiger partial charge on any atom is -0.482 e. The number of hydrogen-bond acceptors (Lipinski definition) is 7. The van der Waals surface area contributed by atoms with Gasteiger partial charge in [0.2, 0.25) is 10.0 Å². The van der Waals surface area contributed by atoms with Gasteiger partial charge in [-0.15, -0.1) is 0 Å². The van der Waals surface area contributed by atoms with Gasteiger partial charge < -0.3 is 15.4 Å². The number of pyridine rings is 1. The summed E-state index contributed by atoms with van der Waals surface area (Å²) in [6.45, 7) is 3.80. The third-order valence-electron chi connectivity index (χ3n) is 6.52. The third kappa shape index (κ3) is 6.53. The van der Waals surface area contributed by atoms with E-state index in [1.54, 1.807) is 25.4 Å². The van der Waals surface area contributed by atoms with Crippen LogP contribution in [0.4, 0.5) is 10.2 Å². The minimum absolute atomic E-state index is 0.0882. The van der Waals surface area contributed by atoms with E-state index >= 15 is 0 Å². The highest BCUT2D eigenvalue weighted by Gasteiger charge is 2.23. The summed E-state index contributed by atoms with van der Waals surface area (Å²) in [5.74, 6) is 0.00102. The van der Waals surface area contributed by atoms with Crippen molar-refractivity contribution in [3.05, 3.63) is 58.2 Å². The van der Waals surface area contributed by atoms with Crippen LogP contribution in [0.1, 0.15) is 37.5 Å². The maximum atomic E-state index is 14.0. The number of rotatable bonds is 9. The van der Waals surface area contributed by atoms with E-state index in [1.165, 1.54) is 19.2 Å². The number of sulfonamides is 1. The Morgan fingerprint density at radius 2 is 1.97 bits per heavy atom. The van der Waals surface area contributed by atoms with Crippen molar-refractivity contribution in [2.45, 2.75) is 31.9 Å². The zero-order chi connectivity index (χ0) is 26.7. The van der Waals surface area contributed by atoms with Gasteiger partial charge in [0.15, 0.2) is 11.6 Å². The molecule has 3 heterocycles. The summed E-state index contributed by atoms with van der Waals surface area (Å²) in [5, 5.41) is 4.74. The minimum atomic E-state index is -3.21. The molecule has 3 N–H and O–H groups in total. The van der Waals surface area contributed by atoms with Crippen molar-refractivity contribution < 1.29 is 17.5 Å². The number of aromatic nitrogens is 3. The molecule has 9 nitrogen and oxygen atoms in total. The molecule has 1 atom stereocenters. The number of nitrogen functional groups attached to an aromatic ring is 1. The molecule has 0 unspecified atom stereocenters. The van der Waals surface area contributed by atoms with Gasteiger partial charge in [-0.3, -0.25) is 4.68 Å². The summed E-state index contributed by atoms with van der Waals surface area (Å²) in [5.41, 5.74) is 7.98. The first-order chi connectivity index (χ1) is 17.6. The van der Waals surface area contributed by atoms with Crippen molar-refractivity contribution in [3.63, 3.8) is 0 Å². The van der Waals surface area contributed by atoms with Crippen molar-refractivity contribution in [2.75, 3.05) is 38.2 Å². The average Bonchev–Trinajstić information content (AvgIpc) is 3.37. The predicted octanol–water partition coefficient (Wildman–Crippen LogP) is 4.30. The SMILES string of the molecule is CNS(=O)(=O)CCN1CCC(n2cc(-c3cnc(N)c(O[C@@H](C)c4c(Cl)ccc(F)c4Cl)c3)cn2)CC1. The lowest BCUT2D eigenvalue weighted by Crippen LogP contribution is -2.39. The van der Waals surface area contributed by atoms with Crippen LogP contribution in [0, 0.1) is 5.82 Å². The van der Waals surface area contributed by atoms with Crippen LogP contribution in [-0.4, -0.2) is 60.5 Å². The lowest BCUT2D eigenvalue weighted by Gasteiger charge is -2.31. The molecule has 1 saturated heterocycles. The molecule has 0 bridgehead atoms. The van der Waals surface area contributed by atoms with Crippen molar-refractivity contribution in [1.29, 1.82) is 0 Å². The zero-order valence-electron chi connectivity index (χ0n) is 20.5. The maximum Gasteiger partial charge on any atom is 0.212 e. The highest BCUT2D eigenvalue weighted by atomic mass is 35.5. The number of nitrogens with one attached hydrogen (secondary N) is 1. The summed E-state index contributed by atoms with van der Waals surface area (Å²) in [4.78, 5) is 6.41. The normalized spacial score (nSPS) is 16.1. The highest BCUT2D eigenvalue weighted by Crippen LogP contribution is 2.37. The molecule has 0 radical (unpaired) electrons. The summed E-state index contributed by atoms with van der Waals surface area (Å²) < 4.78 is 47.6. The van der Waals surface area contributed by atoms with Crippen molar-refractivity contribution in [3.8, 4) is 16.9 Å². The summed E-state index contributed by atoms with van der Waals surface area (Å²) in [7, 11) is -1.78. The van der Waals surface area contributed by atoms with Crippen LogP contribution in [-0.2, 0) is 10.0 Å². The maximum absolute atomic E-state index is 14.0. The van der Waals surface area contributed by atoms with E-state index in [-0.39, 0.29) is 27.7 Å². The molecule has 3 aromatic rings. The predicted molar refractivity (Wildman–Crippen MR) is 143 cm³/mol. The van der Waals surface area contributed by atoms with Gasteiger partial charge in [-0.1, -0.05) is 23.2 Å². The summed E-state index contributed by atoms with van der Waals surface area (Å²) in [6, 6.07) is 4.60. The van der Waals surface area contributed by atoms with E-state index in [2.05, 4.69) is 19.7 Å². The van der Waals surface area contributed by atoms with Crippen LogP contribution in [0.3, 0.4) is 0 Å². The van der Waals surface area contributed by atoms with Gasteiger partial charge >= 0.3 is 0 Å². The molecule has 2 aromatic heterocycles. The van der Waals surface area contributed by atoms with E-state index in [0.717, 1.165) is 37.1 Å². The van der Waals surface area contributed by atoms with E-state index in [1.807, 2.05) is 10.9 Å². The molecule has 0 aliphatic carbocycles. The van der Waals surface area contributed by atoms with Gasteiger partial charge in [-0.05, 0) is 45.0 Å². The Kier molecular flexibility index (Phi) is 8.59. The van der Waals surface area contributed by atoms with Crippen LogP contribution in [0.15, 0.2) is 36.8 Å². The number of piperidine rings is 1. The van der Waals surface area contributed by atoms with E-state index < -0.39 is 21.9 Å². The smallest absolute Gasteiger partial charge is 0.212 e. The van der Waals surface area contributed by atoms with Crippen LogP contribution < -0.4 is 15.2 Å². The number of nitrogens with zero attached hydrogens (tertiary/aromatic N) is 4. The van der Waals surface area contributed by atoms with Crippen molar-refractivity contribution in [1.82, 2.24) is 24.4 Å². The number of hydrogen-bond donors (Lipinski definition) is 2. The number of likely N-dealkylation sites (tertiary alicyclic amines) is 1. The van der Waals surface area contributed by atoms with Gasteiger partial charge in [0.25, 0.3) is 0 Å². The summed E-state index contributed by atoms with van der Waals surface area (Å²) >= 11 is 12.4. The molecule has 1 aliphatic heterocycles. The van der Waals surface area contributed by atoms with Gasteiger partial charge in [-0.25, -0.2) is 22.5 Å². The van der Waals surface area contributed by atoms with Gasteiger partial charge in [0.1, 0.15) is 11.9 Å². The second kappa shape index (κ2) is 11.5. The van der Waals surface area contributed by atoms with Gasteiger partial charge in [-0.2, -0.15) is 5.10 Å². The first kappa shape index (κ1) is 27.6. The molecule has 4 rings (SSSR count). The van der Waals surface area contributed by atoms with Gasteiger partial charge in [0.05, 0.1) is 23.0 Å². The molecule has 1 aromatic carbocycles. The van der Waals surface area contributed by atoms with Crippen LogP contribution in [0.25, 0.3) is 11.1 Å². The topological polar surface area (TPSA) is 115 Å². The molecular weight excluding hydrogens is 542 g/mol. The Morgan fingerprint density at radius 3 is 2.68 bits per heavy atom.